The zero-order valence-electron chi connectivity index (χ0n) is 15.9. The summed E-state index contributed by atoms with van der Waals surface area (Å²) in [5, 5.41) is 0.699. The van der Waals surface area contributed by atoms with E-state index in [9.17, 15) is 0 Å². The van der Waals surface area contributed by atoms with Crippen molar-refractivity contribution in [3.63, 3.8) is 0 Å². The zero-order chi connectivity index (χ0) is 19.8. The fourth-order valence-corrected chi connectivity index (χ4v) is 3.93. The molecule has 0 saturated carbocycles. The molecule has 7 heteroatoms. The minimum atomic E-state index is 0.304. The van der Waals surface area contributed by atoms with Gasteiger partial charge in [0, 0.05) is 47.8 Å². The Balaban J connectivity index is 1.56. The summed E-state index contributed by atoms with van der Waals surface area (Å²) in [6.07, 6.45) is 7.49. The zero-order valence-corrected chi connectivity index (χ0v) is 16.6. The van der Waals surface area contributed by atoms with Crippen molar-refractivity contribution in [2.24, 2.45) is 5.73 Å². The van der Waals surface area contributed by atoms with E-state index in [-0.39, 0.29) is 0 Å². The maximum absolute atomic E-state index is 6.09. The SMILES string of the molecule is NC1CCN(c2ccc(-c3nc4ccncc4n3-c3ccc(Cl)cc3)cn2)CC1. The lowest BCUT2D eigenvalue weighted by atomic mass is 10.1. The molecule has 1 aliphatic heterocycles. The number of fused-ring (bicyclic) bond motifs is 1. The molecule has 1 aromatic carbocycles. The molecule has 29 heavy (non-hydrogen) atoms. The van der Waals surface area contributed by atoms with Crippen molar-refractivity contribution < 1.29 is 0 Å². The first-order valence-corrected chi connectivity index (χ1v) is 10.1. The molecule has 0 aliphatic carbocycles. The molecule has 2 N–H and O–H groups in total. The van der Waals surface area contributed by atoms with Crippen LogP contribution in [0.25, 0.3) is 28.1 Å². The molecule has 6 nitrogen and oxygen atoms in total. The number of nitrogens with zero attached hydrogens (tertiary/aromatic N) is 5. The molecule has 0 radical (unpaired) electrons. The molecule has 0 amide bonds. The van der Waals surface area contributed by atoms with Gasteiger partial charge < -0.3 is 10.6 Å². The first kappa shape index (κ1) is 18.1. The Morgan fingerprint density at radius 2 is 1.76 bits per heavy atom. The quantitative estimate of drug-likeness (QED) is 0.557. The number of anilines is 1. The first-order chi connectivity index (χ1) is 14.2. The molecule has 5 rings (SSSR count). The summed E-state index contributed by atoms with van der Waals surface area (Å²) in [6.45, 7) is 1.89. The van der Waals surface area contributed by atoms with E-state index in [2.05, 4.69) is 26.6 Å². The highest BCUT2D eigenvalue weighted by atomic mass is 35.5. The molecule has 0 unspecified atom stereocenters. The van der Waals surface area contributed by atoms with Gasteiger partial charge in [-0.3, -0.25) is 9.55 Å². The van der Waals surface area contributed by atoms with Gasteiger partial charge >= 0.3 is 0 Å². The first-order valence-electron chi connectivity index (χ1n) is 9.74. The third-order valence-corrected chi connectivity index (χ3v) is 5.66. The number of hydrogen-bond donors (Lipinski definition) is 1. The molecule has 1 saturated heterocycles. The molecular weight excluding hydrogens is 384 g/mol. The number of nitrogens with two attached hydrogens (primary N) is 1. The van der Waals surface area contributed by atoms with E-state index in [0.29, 0.717) is 11.1 Å². The number of pyridine rings is 2. The van der Waals surface area contributed by atoms with Gasteiger partial charge in [0.05, 0.1) is 17.2 Å². The molecule has 0 atom stereocenters. The van der Waals surface area contributed by atoms with E-state index in [0.717, 1.165) is 59.9 Å². The Kier molecular flexibility index (Phi) is 4.66. The van der Waals surface area contributed by atoms with E-state index in [1.165, 1.54) is 0 Å². The molecule has 3 aromatic heterocycles. The van der Waals surface area contributed by atoms with Crippen LogP contribution in [0.15, 0.2) is 61.1 Å². The molecule has 4 aromatic rings. The topological polar surface area (TPSA) is 72.9 Å². The van der Waals surface area contributed by atoms with Crippen molar-refractivity contribution in [1.82, 2.24) is 19.5 Å². The monoisotopic (exact) mass is 404 g/mol. The highest BCUT2D eigenvalue weighted by molar-refractivity contribution is 6.30. The van der Waals surface area contributed by atoms with Gasteiger partial charge in [-0.25, -0.2) is 9.97 Å². The van der Waals surface area contributed by atoms with Crippen LogP contribution in [-0.2, 0) is 0 Å². The average Bonchev–Trinajstić information content (AvgIpc) is 3.15. The lowest BCUT2D eigenvalue weighted by Crippen LogP contribution is -2.40. The number of aromatic nitrogens is 4. The van der Waals surface area contributed by atoms with E-state index >= 15 is 0 Å². The Bertz CT molecular complexity index is 1130. The summed E-state index contributed by atoms with van der Waals surface area (Å²) in [4.78, 5) is 16.1. The van der Waals surface area contributed by atoms with Crippen LogP contribution in [0.5, 0.6) is 0 Å². The molecule has 1 aliphatic rings. The van der Waals surface area contributed by atoms with Crippen molar-refractivity contribution >= 4 is 28.5 Å². The number of hydrogen-bond acceptors (Lipinski definition) is 5. The maximum Gasteiger partial charge on any atom is 0.147 e. The van der Waals surface area contributed by atoms with Crippen LogP contribution in [-0.4, -0.2) is 38.7 Å². The fraction of sp³-hybridized carbons (Fsp3) is 0.227. The highest BCUT2D eigenvalue weighted by Crippen LogP contribution is 2.29. The van der Waals surface area contributed by atoms with E-state index < -0.39 is 0 Å². The molecule has 0 bridgehead atoms. The van der Waals surface area contributed by atoms with Gasteiger partial charge in [0.1, 0.15) is 11.6 Å². The summed E-state index contributed by atoms with van der Waals surface area (Å²) < 4.78 is 2.09. The highest BCUT2D eigenvalue weighted by Gasteiger charge is 2.19. The summed E-state index contributed by atoms with van der Waals surface area (Å²) in [6, 6.07) is 14.1. The van der Waals surface area contributed by atoms with E-state index in [4.69, 9.17) is 27.3 Å². The molecule has 146 valence electrons. The number of rotatable bonds is 3. The van der Waals surface area contributed by atoms with Crippen LogP contribution < -0.4 is 10.6 Å². The molecule has 4 heterocycles. The molecule has 0 spiro atoms. The maximum atomic E-state index is 6.09. The van der Waals surface area contributed by atoms with Gasteiger partial charge in [0.15, 0.2) is 0 Å². The van der Waals surface area contributed by atoms with Gasteiger partial charge in [-0.05, 0) is 55.3 Å². The minimum Gasteiger partial charge on any atom is -0.357 e. The number of halogens is 1. The normalized spacial score (nSPS) is 15.2. The second-order valence-electron chi connectivity index (χ2n) is 7.34. The lowest BCUT2D eigenvalue weighted by molar-refractivity contribution is 0.498. The predicted molar refractivity (Wildman–Crippen MR) is 117 cm³/mol. The number of benzene rings is 1. The van der Waals surface area contributed by atoms with Crippen LogP contribution in [0, 0.1) is 0 Å². The van der Waals surface area contributed by atoms with Crippen molar-refractivity contribution in [3.8, 4) is 17.1 Å². The summed E-state index contributed by atoms with van der Waals surface area (Å²) in [5.74, 6) is 1.81. The minimum absolute atomic E-state index is 0.304. The van der Waals surface area contributed by atoms with Crippen molar-refractivity contribution in [2.45, 2.75) is 18.9 Å². The summed E-state index contributed by atoms with van der Waals surface area (Å²) >= 11 is 6.09. The van der Waals surface area contributed by atoms with Crippen LogP contribution in [0.2, 0.25) is 5.02 Å². The second-order valence-corrected chi connectivity index (χ2v) is 7.78. The third kappa shape index (κ3) is 3.45. The summed E-state index contributed by atoms with van der Waals surface area (Å²) in [7, 11) is 0. The summed E-state index contributed by atoms with van der Waals surface area (Å²) in [5.41, 5.74) is 9.79. The predicted octanol–water partition coefficient (Wildman–Crippen LogP) is 4.06. The van der Waals surface area contributed by atoms with Crippen molar-refractivity contribution in [2.75, 3.05) is 18.0 Å². The van der Waals surface area contributed by atoms with Gasteiger partial charge in [-0.2, -0.15) is 0 Å². The number of imidazole rings is 1. The third-order valence-electron chi connectivity index (χ3n) is 5.41. The lowest BCUT2D eigenvalue weighted by Gasteiger charge is -2.31. The van der Waals surface area contributed by atoms with E-state index in [1.54, 1.807) is 6.20 Å². The van der Waals surface area contributed by atoms with Gasteiger partial charge in [-0.1, -0.05) is 11.6 Å². The van der Waals surface area contributed by atoms with Crippen LogP contribution in [0.4, 0.5) is 5.82 Å². The second kappa shape index (κ2) is 7.46. The van der Waals surface area contributed by atoms with Crippen LogP contribution in [0.1, 0.15) is 12.8 Å². The Morgan fingerprint density at radius 3 is 2.48 bits per heavy atom. The van der Waals surface area contributed by atoms with E-state index in [1.807, 2.05) is 42.7 Å². The molecular formula is C22H21ClN6. The Morgan fingerprint density at radius 1 is 0.966 bits per heavy atom. The van der Waals surface area contributed by atoms with Crippen molar-refractivity contribution in [3.05, 3.63) is 66.1 Å². The van der Waals surface area contributed by atoms with Crippen molar-refractivity contribution in [1.29, 1.82) is 0 Å². The Labute approximate surface area is 174 Å². The smallest absolute Gasteiger partial charge is 0.147 e. The van der Waals surface area contributed by atoms with Gasteiger partial charge in [0.25, 0.3) is 0 Å². The van der Waals surface area contributed by atoms with Gasteiger partial charge in [-0.15, -0.1) is 0 Å². The molecule has 1 fully saturated rings. The van der Waals surface area contributed by atoms with Crippen LogP contribution >= 0.6 is 11.6 Å². The van der Waals surface area contributed by atoms with Crippen LogP contribution in [0.3, 0.4) is 0 Å². The number of piperidine rings is 1. The average molecular weight is 405 g/mol. The Hall–Kier alpha value is -2.96. The largest absolute Gasteiger partial charge is 0.357 e. The fourth-order valence-electron chi connectivity index (χ4n) is 3.80. The standard InChI is InChI=1S/C22H21ClN6/c23-16-2-4-18(5-3-16)29-20-14-25-10-7-19(20)27-22(29)15-1-6-21(26-13-15)28-11-8-17(24)9-12-28/h1-7,10,13-14,17H,8-9,11-12,24H2. The van der Waals surface area contributed by atoms with Gasteiger partial charge in [0.2, 0.25) is 0 Å².